The van der Waals surface area contributed by atoms with Crippen LogP contribution in [0.3, 0.4) is 0 Å². The Hall–Kier alpha value is -2.80. The summed E-state index contributed by atoms with van der Waals surface area (Å²) in [6.07, 6.45) is 0.819. The Labute approximate surface area is 178 Å². The van der Waals surface area contributed by atoms with Crippen molar-refractivity contribution in [2.75, 3.05) is 12.9 Å². The minimum atomic E-state index is -1.27. The molecule has 5 nitrogen and oxygen atoms in total. The molecule has 156 valence electrons. The van der Waals surface area contributed by atoms with Gasteiger partial charge in [-0.3, -0.25) is 9.00 Å². The second-order valence-corrected chi connectivity index (χ2v) is 8.46. The van der Waals surface area contributed by atoms with E-state index in [1.807, 2.05) is 54.6 Å². The molecule has 3 unspecified atom stereocenters. The van der Waals surface area contributed by atoms with Gasteiger partial charge < -0.3 is 15.5 Å². The Morgan fingerprint density at radius 1 is 0.933 bits per heavy atom. The maximum absolute atomic E-state index is 12.3. The summed E-state index contributed by atoms with van der Waals surface area (Å²) in [4.78, 5) is 13.1. The number of nitrogens with one attached hydrogen (secondary N) is 1. The first kappa shape index (κ1) is 21.9. The molecule has 3 N–H and O–H groups in total. The van der Waals surface area contributed by atoms with Gasteiger partial charge in [0.25, 0.3) is 5.91 Å². The average Bonchev–Trinajstić information content (AvgIpc) is 2.79. The fraction of sp³-hybridized carbons (Fsp3) is 0.208. The first-order valence-corrected chi connectivity index (χ1v) is 11.2. The summed E-state index contributed by atoms with van der Waals surface area (Å²) < 4.78 is 11.5. The monoisotopic (exact) mass is 423 g/mol. The van der Waals surface area contributed by atoms with Gasteiger partial charge in [-0.1, -0.05) is 66.7 Å². The Morgan fingerprint density at radius 2 is 1.50 bits per heavy atom. The van der Waals surface area contributed by atoms with Crippen LogP contribution in [0.1, 0.15) is 17.2 Å². The summed E-state index contributed by atoms with van der Waals surface area (Å²) in [6, 6.07) is 23.6. The fourth-order valence-electron chi connectivity index (χ4n) is 3.18. The van der Waals surface area contributed by atoms with Crippen LogP contribution in [-0.2, 0) is 22.0 Å². The number of aliphatic hydroxyl groups is 2. The number of rotatable bonds is 8. The van der Waals surface area contributed by atoms with Crippen molar-refractivity contribution >= 4 is 16.7 Å². The molecule has 3 aromatic carbocycles. The number of hydrogen-bond donors (Lipinski definition) is 3. The van der Waals surface area contributed by atoms with Crippen molar-refractivity contribution in [1.82, 2.24) is 5.32 Å². The smallest absolute Gasteiger partial charge is 0.253 e. The van der Waals surface area contributed by atoms with Gasteiger partial charge in [-0.25, -0.2) is 0 Å². The number of carbonyl (C=O) groups excluding carboxylic acids is 1. The van der Waals surface area contributed by atoms with Gasteiger partial charge in [0, 0.05) is 22.0 Å². The summed E-state index contributed by atoms with van der Waals surface area (Å²) in [5, 5.41) is 22.6. The Bertz CT molecular complexity index is 988. The van der Waals surface area contributed by atoms with Crippen molar-refractivity contribution in [1.29, 1.82) is 0 Å². The maximum Gasteiger partial charge on any atom is 0.253 e. The van der Waals surface area contributed by atoms with Crippen molar-refractivity contribution in [3.63, 3.8) is 0 Å². The topological polar surface area (TPSA) is 86.6 Å². The fourth-order valence-corrected chi connectivity index (χ4v) is 3.70. The van der Waals surface area contributed by atoms with Crippen LogP contribution in [0.4, 0.5) is 0 Å². The largest absolute Gasteiger partial charge is 0.394 e. The summed E-state index contributed by atoms with van der Waals surface area (Å²) >= 11 is 0. The van der Waals surface area contributed by atoms with Crippen LogP contribution in [-0.4, -0.2) is 39.2 Å². The molecule has 0 aliphatic rings. The standard InChI is InChI=1S/C24H25NO4S/c1-30(29)22-13-11-19(12-14-22)18-9-7-17(8-10-18)15-21(16-26)25-24(28)23(27)20-5-3-2-4-6-20/h2-14,21,23,26-27H,15-16H2,1H3,(H,25,28). The van der Waals surface area contributed by atoms with Crippen LogP contribution in [0.5, 0.6) is 0 Å². The second kappa shape index (κ2) is 10.3. The summed E-state index contributed by atoms with van der Waals surface area (Å²) in [7, 11) is -1.00. The Balaban J connectivity index is 1.63. The van der Waals surface area contributed by atoms with E-state index in [-0.39, 0.29) is 6.61 Å². The number of hydrogen-bond acceptors (Lipinski definition) is 4. The third kappa shape index (κ3) is 5.63. The first-order valence-electron chi connectivity index (χ1n) is 9.65. The summed E-state index contributed by atoms with van der Waals surface area (Å²) in [5.74, 6) is -0.537. The number of carbonyl (C=O) groups is 1. The SMILES string of the molecule is CS(=O)c1ccc(-c2ccc(CC(CO)NC(=O)C(O)c3ccccc3)cc2)cc1. The molecule has 0 saturated heterocycles. The van der Waals surface area contributed by atoms with Crippen LogP contribution >= 0.6 is 0 Å². The molecule has 0 spiro atoms. The lowest BCUT2D eigenvalue weighted by Crippen LogP contribution is -2.41. The maximum atomic E-state index is 12.3. The lowest BCUT2D eigenvalue weighted by atomic mass is 10.0. The lowest BCUT2D eigenvalue weighted by molar-refractivity contribution is -0.130. The molecule has 1 amide bonds. The van der Waals surface area contributed by atoms with E-state index in [4.69, 9.17) is 0 Å². The average molecular weight is 424 g/mol. The molecule has 0 aromatic heterocycles. The van der Waals surface area contributed by atoms with E-state index in [1.165, 1.54) is 0 Å². The highest BCUT2D eigenvalue weighted by Crippen LogP contribution is 2.22. The van der Waals surface area contributed by atoms with Gasteiger partial charge in [0.1, 0.15) is 0 Å². The van der Waals surface area contributed by atoms with E-state index in [0.717, 1.165) is 21.6 Å². The predicted octanol–water partition coefficient (Wildman–Crippen LogP) is 2.84. The molecule has 30 heavy (non-hydrogen) atoms. The molecule has 0 heterocycles. The molecule has 0 radical (unpaired) electrons. The highest BCUT2D eigenvalue weighted by molar-refractivity contribution is 7.84. The van der Waals surface area contributed by atoms with Crippen molar-refractivity contribution in [3.8, 4) is 11.1 Å². The summed E-state index contributed by atoms with van der Waals surface area (Å²) in [5.41, 5.74) is 3.51. The zero-order valence-corrected chi connectivity index (χ0v) is 17.5. The predicted molar refractivity (Wildman–Crippen MR) is 118 cm³/mol. The lowest BCUT2D eigenvalue weighted by Gasteiger charge is -2.19. The zero-order chi connectivity index (χ0) is 21.5. The van der Waals surface area contributed by atoms with Gasteiger partial charge in [-0.05, 0) is 40.8 Å². The first-order chi connectivity index (χ1) is 14.5. The third-order valence-corrected chi connectivity index (χ3v) is 5.82. The quantitative estimate of drug-likeness (QED) is 0.520. The molecule has 0 bridgehead atoms. The van der Waals surface area contributed by atoms with Crippen LogP contribution in [0.2, 0.25) is 0 Å². The summed E-state index contributed by atoms with van der Waals surface area (Å²) in [6.45, 7) is -0.232. The molecule has 3 aromatic rings. The Kier molecular flexibility index (Phi) is 7.52. The van der Waals surface area contributed by atoms with Crippen LogP contribution in [0.15, 0.2) is 83.8 Å². The van der Waals surface area contributed by atoms with Crippen molar-refractivity contribution < 1.29 is 19.2 Å². The molecule has 0 fully saturated rings. The molecule has 3 atom stereocenters. The van der Waals surface area contributed by atoms with Gasteiger partial charge in [-0.2, -0.15) is 0 Å². The molecular weight excluding hydrogens is 398 g/mol. The van der Waals surface area contributed by atoms with Crippen LogP contribution in [0.25, 0.3) is 11.1 Å². The van der Waals surface area contributed by atoms with Crippen LogP contribution < -0.4 is 5.32 Å². The van der Waals surface area contributed by atoms with E-state index < -0.39 is 28.9 Å². The van der Waals surface area contributed by atoms with Crippen molar-refractivity contribution in [3.05, 3.63) is 90.0 Å². The Morgan fingerprint density at radius 3 is 2.03 bits per heavy atom. The molecule has 0 aliphatic heterocycles. The van der Waals surface area contributed by atoms with E-state index >= 15 is 0 Å². The highest BCUT2D eigenvalue weighted by atomic mass is 32.2. The van der Waals surface area contributed by atoms with Crippen molar-refractivity contribution in [2.45, 2.75) is 23.5 Å². The second-order valence-electron chi connectivity index (χ2n) is 7.08. The zero-order valence-electron chi connectivity index (χ0n) is 16.7. The number of amides is 1. The van der Waals surface area contributed by atoms with E-state index in [1.54, 1.807) is 30.5 Å². The van der Waals surface area contributed by atoms with Crippen LogP contribution in [0, 0.1) is 0 Å². The van der Waals surface area contributed by atoms with Gasteiger partial charge in [0.2, 0.25) is 0 Å². The third-order valence-electron chi connectivity index (χ3n) is 4.89. The van der Waals surface area contributed by atoms with Gasteiger partial charge in [-0.15, -0.1) is 0 Å². The van der Waals surface area contributed by atoms with Crippen molar-refractivity contribution in [2.24, 2.45) is 0 Å². The molecular formula is C24H25NO4S. The van der Waals surface area contributed by atoms with Gasteiger partial charge >= 0.3 is 0 Å². The number of aliphatic hydroxyl groups excluding tert-OH is 2. The molecule has 3 rings (SSSR count). The van der Waals surface area contributed by atoms with Gasteiger partial charge in [0.05, 0.1) is 12.6 Å². The highest BCUT2D eigenvalue weighted by Gasteiger charge is 2.20. The molecule has 6 heteroatoms. The van der Waals surface area contributed by atoms with Gasteiger partial charge in [0.15, 0.2) is 6.10 Å². The van der Waals surface area contributed by atoms with E-state index in [0.29, 0.717) is 12.0 Å². The minimum absolute atomic E-state index is 0.232. The van der Waals surface area contributed by atoms with E-state index in [2.05, 4.69) is 5.32 Å². The normalized spacial score (nSPS) is 14.0. The minimum Gasteiger partial charge on any atom is -0.394 e. The molecule has 0 saturated carbocycles. The number of benzene rings is 3. The van der Waals surface area contributed by atoms with E-state index in [9.17, 15) is 19.2 Å². The molecule has 0 aliphatic carbocycles.